The molecule has 0 fully saturated rings. The Morgan fingerprint density at radius 3 is 2.50 bits per heavy atom. The maximum absolute atomic E-state index is 13.4. The number of nitrogens with zero attached hydrogens (tertiary/aromatic N) is 4. The number of benzene rings is 1. The third-order valence-electron chi connectivity index (χ3n) is 4.72. The van der Waals surface area contributed by atoms with Crippen molar-refractivity contribution in [2.24, 2.45) is 5.73 Å². The Morgan fingerprint density at radius 2 is 1.83 bits per heavy atom. The van der Waals surface area contributed by atoms with E-state index in [1.807, 2.05) is 27.3 Å². The molecule has 3 aromatic heterocycles. The van der Waals surface area contributed by atoms with E-state index in [0.29, 0.717) is 23.6 Å². The lowest BCUT2D eigenvalue weighted by Crippen LogP contribution is -2.26. The number of pyridine rings is 1. The molecule has 0 bridgehead atoms. The molecular formula is C22H22FN5O2. The Kier molecular flexibility index (Phi) is 4.87. The molecular weight excluding hydrogens is 385 g/mol. The summed E-state index contributed by atoms with van der Waals surface area (Å²) in [5.41, 5.74) is 8.75. The van der Waals surface area contributed by atoms with Gasteiger partial charge in [0.2, 0.25) is 5.91 Å². The number of aromatic nitrogens is 4. The largest absolute Gasteiger partial charge is 0.389 e. The van der Waals surface area contributed by atoms with Crippen molar-refractivity contribution in [3.63, 3.8) is 0 Å². The highest BCUT2D eigenvalue weighted by atomic mass is 19.1. The Labute approximate surface area is 172 Å². The number of amides is 1. The number of primary amides is 1. The smallest absolute Gasteiger partial charge is 0.223 e. The fraction of sp³-hybridized carbons (Fsp3) is 0.227. The Bertz CT molecular complexity index is 1220. The Morgan fingerprint density at radius 1 is 1.13 bits per heavy atom. The lowest BCUT2D eigenvalue weighted by atomic mass is 10.0. The predicted octanol–water partition coefficient (Wildman–Crippen LogP) is 2.80. The van der Waals surface area contributed by atoms with Crippen LogP contribution in [0.4, 0.5) is 4.39 Å². The van der Waals surface area contributed by atoms with E-state index >= 15 is 0 Å². The first kappa shape index (κ1) is 19.8. The lowest BCUT2D eigenvalue weighted by Gasteiger charge is -2.20. The number of rotatable bonds is 6. The number of hydrogen-bond donors (Lipinski definition) is 2. The first-order valence-corrected chi connectivity index (χ1v) is 9.49. The number of halogens is 1. The second-order valence-corrected chi connectivity index (χ2v) is 7.93. The van der Waals surface area contributed by atoms with Crippen LogP contribution < -0.4 is 5.73 Å². The summed E-state index contributed by atoms with van der Waals surface area (Å²) in [5, 5.41) is 10.4. The van der Waals surface area contributed by atoms with Crippen LogP contribution in [0.2, 0.25) is 0 Å². The van der Waals surface area contributed by atoms with Gasteiger partial charge in [-0.1, -0.05) is 0 Å². The highest BCUT2D eigenvalue weighted by Gasteiger charge is 2.21. The molecule has 0 spiro atoms. The molecule has 0 radical (unpaired) electrons. The van der Waals surface area contributed by atoms with Gasteiger partial charge in [-0.25, -0.2) is 14.4 Å². The van der Waals surface area contributed by atoms with Crippen LogP contribution >= 0.6 is 0 Å². The summed E-state index contributed by atoms with van der Waals surface area (Å²) in [7, 11) is 0. The zero-order valence-corrected chi connectivity index (χ0v) is 16.7. The molecule has 4 rings (SSSR count). The number of nitrogens with two attached hydrogens (primary N) is 1. The molecule has 0 aliphatic rings. The van der Waals surface area contributed by atoms with E-state index in [4.69, 9.17) is 5.73 Å². The molecule has 1 amide bonds. The van der Waals surface area contributed by atoms with Gasteiger partial charge in [0.25, 0.3) is 0 Å². The van der Waals surface area contributed by atoms with E-state index in [9.17, 15) is 14.3 Å². The van der Waals surface area contributed by atoms with Crippen LogP contribution in [0.1, 0.15) is 19.5 Å². The van der Waals surface area contributed by atoms with Gasteiger partial charge >= 0.3 is 0 Å². The van der Waals surface area contributed by atoms with Crippen LogP contribution in [-0.4, -0.2) is 35.6 Å². The normalized spacial score (nSPS) is 11.9. The number of carbonyl (C=O) groups excluding carboxylic acids is 1. The molecule has 7 nitrogen and oxygen atoms in total. The fourth-order valence-electron chi connectivity index (χ4n) is 3.52. The molecule has 3 heterocycles. The van der Waals surface area contributed by atoms with Crippen molar-refractivity contribution in [3.05, 3.63) is 66.6 Å². The molecule has 0 saturated carbocycles. The molecule has 3 N–H and O–H groups in total. The van der Waals surface area contributed by atoms with Crippen LogP contribution in [0.3, 0.4) is 0 Å². The van der Waals surface area contributed by atoms with Gasteiger partial charge in [0.05, 0.1) is 42.0 Å². The predicted molar refractivity (Wildman–Crippen MR) is 111 cm³/mol. The molecule has 0 atom stereocenters. The second-order valence-electron chi connectivity index (χ2n) is 7.93. The fourth-order valence-corrected chi connectivity index (χ4v) is 3.52. The van der Waals surface area contributed by atoms with Crippen molar-refractivity contribution < 1.29 is 14.3 Å². The molecule has 30 heavy (non-hydrogen) atoms. The third kappa shape index (κ3) is 3.95. The Hall–Kier alpha value is -3.52. The summed E-state index contributed by atoms with van der Waals surface area (Å²) in [5.74, 6) is -0.770. The van der Waals surface area contributed by atoms with Crippen molar-refractivity contribution in [2.45, 2.75) is 32.4 Å². The summed E-state index contributed by atoms with van der Waals surface area (Å²) >= 11 is 0. The van der Waals surface area contributed by atoms with Gasteiger partial charge in [-0.3, -0.25) is 4.79 Å². The number of hydrogen-bond acceptors (Lipinski definition) is 4. The monoisotopic (exact) mass is 407 g/mol. The molecule has 0 aliphatic carbocycles. The van der Waals surface area contributed by atoms with E-state index in [1.165, 1.54) is 12.1 Å². The van der Waals surface area contributed by atoms with Gasteiger partial charge in [0, 0.05) is 23.5 Å². The van der Waals surface area contributed by atoms with E-state index in [2.05, 4.69) is 9.97 Å². The lowest BCUT2D eigenvalue weighted by molar-refractivity contribution is -0.117. The van der Waals surface area contributed by atoms with E-state index in [1.54, 1.807) is 38.5 Å². The SMILES string of the molecule is CC(C)(O)Cn1cnc(-c2ccc(F)cc2)c1-c1ccc2ncc(CC(N)=O)n2c1. The van der Waals surface area contributed by atoms with Crippen LogP contribution in [0, 0.1) is 5.82 Å². The minimum absolute atomic E-state index is 0.0678. The third-order valence-corrected chi connectivity index (χ3v) is 4.72. The second kappa shape index (κ2) is 7.38. The Balaban J connectivity index is 1.90. The quantitative estimate of drug-likeness (QED) is 0.513. The number of carbonyl (C=O) groups is 1. The zero-order valence-electron chi connectivity index (χ0n) is 16.7. The summed E-state index contributed by atoms with van der Waals surface area (Å²) in [4.78, 5) is 20.3. The average Bonchev–Trinajstić information content (AvgIpc) is 3.24. The maximum Gasteiger partial charge on any atom is 0.223 e. The zero-order chi connectivity index (χ0) is 21.5. The summed E-state index contributed by atoms with van der Waals surface area (Å²) in [6, 6.07) is 9.86. The van der Waals surface area contributed by atoms with Crippen molar-refractivity contribution in [1.29, 1.82) is 0 Å². The van der Waals surface area contributed by atoms with Gasteiger partial charge in [-0.15, -0.1) is 0 Å². The van der Waals surface area contributed by atoms with Gasteiger partial charge in [-0.05, 0) is 50.2 Å². The van der Waals surface area contributed by atoms with E-state index < -0.39 is 11.5 Å². The molecule has 1 aromatic carbocycles. The molecule has 154 valence electrons. The molecule has 8 heteroatoms. The molecule has 4 aromatic rings. The van der Waals surface area contributed by atoms with Crippen LogP contribution in [0.15, 0.2) is 55.1 Å². The summed E-state index contributed by atoms with van der Waals surface area (Å²) in [6.07, 6.45) is 5.22. The topological polar surface area (TPSA) is 98.4 Å². The minimum atomic E-state index is -0.967. The first-order valence-electron chi connectivity index (χ1n) is 9.49. The molecule has 0 saturated heterocycles. The van der Waals surface area contributed by atoms with E-state index in [-0.39, 0.29) is 12.2 Å². The summed E-state index contributed by atoms with van der Waals surface area (Å²) < 4.78 is 17.1. The van der Waals surface area contributed by atoms with Crippen molar-refractivity contribution in [3.8, 4) is 22.5 Å². The van der Waals surface area contributed by atoms with Gasteiger partial charge in [-0.2, -0.15) is 0 Å². The average molecular weight is 407 g/mol. The van der Waals surface area contributed by atoms with Crippen molar-refractivity contribution >= 4 is 11.6 Å². The number of fused-ring (bicyclic) bond motifs is 1. The van der Waals surface area contributed by atoms with Gasteiger partial charge < -0.3 is 19.8 Å². The summed E-state index contributed by atoms with van der Waals surface area (Å²) in [6.45, 7) is 3.75. The highest BCUT2D eigenvalue weighted by Crippen LogP contribution is 2.32. The molecule has 0 unspecified atom stereocenters. The number of aliphatic hydroxyl groups is 1. The minimum Gasteiger partial charge on any atom is -0.389 e. The van der Waals surface area contributed by atoms with Gasteiger partial charge in [0.1, 0.15) is 11.5 Å². The van der Waals surface area contributed by atoms with E-state index in [0.717, 1.165) is 16.8 Å². The first-order chi connectivity index (χ1) is 14.2. The number of imidazole rings is 2. The van der Waals surface area contributed by atoms with Crippen LogP contribution in [0.5, 0.6) is 0 Å². The molecule has 0 aliphatic heterocycles. The van der Waals surface area contributed by atoms with Crippen LogP contribution in [-0.2, 0) is 17.8 Å². The van der Waals surface area contributed by atoms with Crippen molar-refractivity contribution in [2.75, 3.05) is 0 Å². The standard InChI is InChI=1S/C22H22FN5O2/c1-22(2,30)12-27-13-26-20(14-3-6-16(23)7-4-14)21(27)15-5-8-19-25-10-17(9-18(24)29)28(19)11-15/h3-8,10-11,13,30H,9,12H2,1-2H3,(H2,24,29). The maximum atomic E-state index is 13.4. The highest BCUT2D eigenvalue weighted by molar-refractivity contribution is 5.79. The van der Waals surface area contributed by atoms with Crippen molar-refractivity contribution in [1.82, 2.24) is 18.9 Å². The van der Waals surface area contributed by atoms with Crippen LogP contribution in [0.25, 0.3) is 28.2 Å². The van der Waals surface area contributed by atoms with Gasteiger partial charge in [0.15, 0.2) is 0 Å².